The summed E-state index contributed by atoms with van der Waals surface area (Å²) in [5.41, 5.74) is 4.32. The second kappa shape index (κ2) is 5.27. The van der Waals surface area contributed by atoms with Crippen molar-refractivity contribution in [3.05, 3.63) is 28.2 Å². The largest absolute Gasteiger partial charge is 0.480 e. The lowest BCUT2D eigenvalue weighted by molar-refractivity contribution is -0.141. The van der Waals surface area contributed by atoms with Gasteiger partial charge in [-0.3, -0.25) is 4.79 Å². The summed E-state index contributed by atoms with van der Waals surface area (Å²) in [5.74, 6) is -0.819. The number of halogens is 2. The summed E-state index contributed by atoms with van der Waals surface area (Å²) in [7, 11) is 0. The van der Waals surface area contributed by atoms with E-state index in [1.54, 1.807) is 18.2 Å². The average molecular weight is 280 g/mol. The number of carboxylic acid groups (broad SMARTS) is 1. The Morgan fingerprint density at radius 2 is 2.19 bits per heavy atom. The van der Waals surface area contributed by atoms with Crippen LogP contribution in [0.1, 0.15) is 6.92 Å². The fourth-order valence-corrected chi connectivity index (χ4v) is 2.39. The molecule has 0 aromatic heterocycles. The number of hydrogen-bond acceptors (Lipinski definition) is 3. The molecule has 0 fully saturated rings. The number of rotatable bonds is 4. The molecule has 0 heterocycles. The van der Waals surface area contributed by atoms with Crippen LogP contribution < -0.4 is 5.73 Å². The maximum atomic E-state index is 10.8. The molecular formula is C10H11Cl2NO2S. The van der Waals surface area contributed by atoms with Crippen LogP contribution in [0, 0.1) is 0 Å². The molecule has 0 saturated heterocycles. The quantitative estimate of drug-likeness (QED) is 0.832. The first-order valence-electron chi connectivity index (χ1n) is 4.43. The predicted octanol–water partition coefficient (Wildman–Crippen LogP) is 2.89. The third-order valence-electron chi connectivity index (χ3n) is 1.91. The minimum absolute atomic E-state index is 0.225. The molecule has 1 unspecified atom stereocenters. The van der Waals surface area contributed by atoms with Crippen molar-refractivity contribution < 1.29 is 9.90 Å². The fraction of sp³-hybridized carbons (Fsp3) is 0.300. The lowest BCUT2D eigenvalue weighted by atomic mass is 10.1. The maximum absolute atomic E-state index is 10.8. The molecule has 0 saturated carbocycles. The molecule has 0 aliphatic carbocycles. The fourth-order valence-electron chi connectivity index (χ4n) is 0.877. The Labute approximate surface area is 108 Å². The van der Waals surface area contributed by atoms with Gasteiger partial charge < -0.3 is 10.8 Å². The Kier molecular flexibility index (Phi) is 4.50. The molecule has 3 nitrogen and oxygen atoms in total. The van der Waals surface area contributed by atoms with Gasteiger partial charge in [0, 0.05) is 15.7 Å². The van der Waals surface area contributed by atoms with Gasteiger partial charge in [-0.1, -0.05) is 23.2 Å². The van der Waals surface area contributed by atoms with Crippen LogP contribution in [0.2, 0.25) is 10.0 Å². The van der Waals surface area contributed by atoms with Crippen molar-refractivity contribution in [2.45, 2.75) is 17.4 Å². The number of aliphatic carboxylic acids is 1. The second-order valence-electron chi connectivity index (χ2n) is 3.59. The molecule has 88 valence electrons. The maximum Gasteiger partial charge on any atom is 0.324 e. The second-order valence-corrected chi connectivity index (χ2v) is 5.45. The average Bonchev–Trinajstić information content (AvgIpc) is 2.19. The summed E-state index contributed by atoms with van der Waals surface area (Å²) in [6.07, 6.45) is 0. The lowest BCUT2D eigenvalue weighted by Crippen LogP contribution is -2.47. The van der Waals surface area contributed by atoms with E-state index in [9.17, 15) is 4.79 Å². The number of thioether (sulfide) groups is 1. The van der Waals surface area contributed by atoms with Gasteiger partial charge in [0.25, 0.3) is 0 Å². The number of carbonyl (C=O) groups is 1. The molecule has 3 N–H and O–H groups in total. The van der Waals surface area contributed by atoms with Gasteiger partial charge in [-0.05, 0) is 25.1 Å². The number of nitrogens with two attached hydrogens (primary N) is 1. The van der Waals surface area contributed by atoms with Crippen LogP contribution in [-0.2, 0) is 4.79 Å². The van der Waals surface area contributed by atoms with Crippen molar-refractivity contribution in [3.8, 4) is 0 Å². The third kappa shape index (κ3) is 3.56. The molecule has 0 amide bonds. The van der Waals surface area contributed by atoms with E-state index in [0.29, 0.717) is 10.0 Å². The van der Waals surface area contributed by atoms with Crippen LogP contribution in [0.15, 0.2) is 23.1 Å². The van der Waals surface area contributed by atoms with Gasteiger partial charge in [-0.25, -0.2) is 0 Å². The highest BCUT2D eigenvalue weighted by molar-refractivity contribution is 7.99. The molecule has 1 atom stereocenters. The Morgan fingerprint density at radius 3 is 2.75 bits per heavy atom. The van der Waals surface area contributed by atoms with Crippen LogP contribution in [0.25, 0.3) is 0 Å². The summed E-state index contributed by atoms with van der Waals surface area (Å²) in [5, 5.41) is 9.94. The molecular weight excluding hydrogens is 269 g/mol. The van der Waals surface area contributed by atoms with Crippen LogP contribution in [0.4, 0.5) is 0 Å². The molecule has 16 heavy (non-hydrogen) atoms. The Balaban J connectivity index is 2.75. The summed E-state index contributed by atoms with van der Waals surface area (Å²) in [4.78, 5) is 11.5. The van der Waals surface area contributed by atoms with Gasteiger partial charge in [-0.15, -0.1) is 11.8 Å². The van der Waals surface area contributed by atoms with Gasteiger partial charge in [-0.2, -0.15) is 0 Å². The predicted molar refractivity (Wildman–Crippen MR) is 67.4 cm³/mol. The molecule has 1 rings (SSSR count). The summed E-state index contributed by atoms with van der Waals surface area (Å²) in [6, 6.07) is 5.03. The van der Waals surface area contributed by atoms with Crippen molar-refractivity contribution in [1.82, 2.24) is 0 Å². The van der Waals surface area contributed by atoms with E-state index in [1.807, 2.05) is 0 Å². The summed E-state index contributed by atoms with van der Waals surface area (Å²) < 4.78 is 0. The van der Waals surface area contributed by atoms with Crippen molar-refractivity contribution in [2.24, 2.45) is 5.73 Å². The Bertz CT molecular complexity index is 410. The number of carboxylic acids is 1. The highest BCUT2D eigenvalue weighted by Crippen LogP contribution is 2.31. The Morgan fingerprint density at radius 1 is 1.56 bits per heavy atom. The van der Waals surface area contributed by atoms with Gasteiger partial charge in [0.2, 0.25) is 0 Å². The minimum atomic E-state index is -1.28. The van der Waals surface area contributed by atoms with Gasteiger partial charge in [0.1, 0.15) is 5.54 Å². The monoisotopic (exact) mass is 279 g/mol. The van der Waals surface area contributed by atoms with Crippen molar-refractivity contribution >= 4 is 40.9 Å². The van der Waals surface area contributed by atoms with E-state index < -0.39 is 11.5 Å². The summed E-state index contributed by atoms with van der Waals surface area (Å²) in [6.45, 7) is 1.46. The number of benzene rings is 1. The Hall–Kier alpha value is -0.420. The van der Waals surface area contributed by atoms with E-state index in [4.69, 9.17) is 34.0 Å². The zero-order chi connectivity index (χ0) is 12.3. The highest BCUT2D eigenvalue weighted by atomic mass is 35.5. The van der Waals surface area contributed by atoms with Gasteiger partial charge >= 0.3 is 5.97 Å². The molecule has 0 aliphatic rings. The van der Waals surface area contributed by atoms with Crippen LogP contribution in [0.3, 0.4) is 0 Å². The lowest BCUT2D eigenvalue weighted by Gasteiger charge is -2.18. The van der Waals surface area contributed by atoms with E-state index in [-0.39, 0.29) is 5.75 Å². The minimum Gasteiger partial charge on any atom is -0.480 e. The van der Waals surface area contributed by atoms with E-state index in [1.165, 1.54) is 18.7 Å². The van der Waals surface area contributed by atoms with Crippen molar-refractivity contribution in [1.29, 1.82) is 0 Å². The molecule has 0 aliphatic heterocycles. The first kappa shape index (κ1) is 13.6. The molecule has 1 aromatic carbocycles. The van der Waals surface area contributed by atoms with Crippen LogP contribution in [-0.4, -0.2) is 22.4 Å². The first-order valence-corrected chi connectivity index (χ1v) is 6.17. The topological polar surface area (TPSA) is 63.3 Å². The SMILES string of the molecule is CC(N)(CSc1cc(Cl)ccc1Cl)C(=O)O. The van der Waals surface area contributed by atoms with E-state index >= 15 is 0 Å². The first-order chi connectivity index (χ1) is 7.33. The highest BCUT2D eigenvalue weighted by Gasteiger charge is 2.28. The third-order valence-corrected chi connectivity index (χ3v) is 3.98. The summed E-state index contributed by atoms with van der Waals surface area (Å²) >= 11 is 13.0. The molecule has 0 bridgehead atoms. The van der Waals surface area contributed by atoms with Crippen LogP contribution >= 0.6 is 35.0 Å². The van der Waals surface area contributed by atoms with Crippen molar-refractivity contribution in [2.75, 3.05) is 5.75 Å². The van der Waals surface area contributed by atoms with Crippen molar-refractivity contribution in [3.63, 3.8) is 0 Å². The van der Waals surface area contributed by atoms with Gasteiger partial charge in [0.15, 0.2) is 0 Å². The standard InChI is InChI=1S/C10H11Cl2NO2S/c1-10(13,9(14)15)5-16-8-4-6(11)2-3-7(8)12/h2-4H,5,13H2,1H3,(H,14,15). The van der Waals surface area contributed by atoms with E-state index in [0.717, 1.165) is 4.90 Å². The van der Waals surface area contributed by atoms with E-state index in [2.05, 4.69) is 0 Å². The van der Waals surface area contributed by atoms with Gasteiger partial charge in [0.05, 0.1) is 5.02 Å². The zero-order valence-corrected chi connectivity index (χ0v) is 10.9. The van der Waals surface area contributed by atoms with Crippen LogP contribution in [0.5, 0.6) is 0 Å². The molecule has 6 heteroatoms. The number of hydrogen-bond donors (Lipinski definition) is 2. The normalized spacial score (nSPS) is 14.5. The molecule has 0 radical (unpaired) electrons. The smallest absolute Gasteiger partial charge is 0.324 e. The zero-order valence-electron chi connectivity index (χ0n) is 8.54. The molecule has 0 spiro atoms. The molecule has 1 aromatic rings.